The summed E-state index contributed by atoms with van der Waals surface area (Å²) in [6, 6.07) is 10.5. The normalized spacial score (nSPS) is 15.8. The molecule has 1 heterocycles. The number of nitrogens with one attached hydrogen (secondary N) is 2. The van der Waals surface area contributed by atoms with Crippen LogP contribution < -0.4 is 10.6 Å². The molecule has 0 bridgehead atoms. The molecule has 0 radical (unpaired) electrons. The lowest BCUT2D eigenvalue weighted by atomic mass is 9.94. The van der Waals surface area contributed by atoms with Crippen molar-refractivity contribution in [1.29, 1.82) is 0 Å². The fourth-order valence-electron chi connectivity index (χ4n) is 3.66. The van der Waals surface area contributed by atoms with Crippen LogP contribution in [-0.4, -0.2) is 36.5 Å². The van der Waals surface area contributed by atoms with Gasteiger partial charge in [-0.15, -0.1) is 0 Å². The molecule has 2 aromatic carbocycles. The molecule has 0 spiro atoms. The van der Waals surface area contributed by atoms with Gasteiger partial charge in [0.15, 0.2) is 0 Å². The number of urea groups is 1. The Morgan fingerprint density at radius 3 is 2.61 bits per heavy atom. The van der Waals surface area contributed by atoms with Gasteiger partial charge in [0.05, 0.1) is 29.3 Å². The fraction of sp³-hybridized carbons (Fsp3) is 0.292. The number of nitrogens with zero attached hydrogens (tertiary/aromatic N) is 1. The third-order valence-corrected chi connectivity index (χ3v) is 5.94. The summed E-state index contributed by atoms with van der Waals surface area (Å²) in [5, 5.41) is 6.35. The Morgan fingerprint density at radius 1 is 1.18 bits per heavy atom. The van der Waals surface area contributed by atoms with Gasteiger partial charge >= 0.3 is 12.0 Å². The molecule has 0 fully saturated rings. The number of hydrogen-bond donors (Lipinski definition) is 2. The molecule has 9 heteroatoms. The first-order valence-electron chi connectivity index (χ1n) is 10.5. The molecule has 0 aromatic heterocycles. The van der Waals surface area contributed by atoms with Crippen molar-refractivity contribution in [3.63, 3.8) is 0 Å². The molecule has 3 amide bonds. The van der Waals surface area contributed by atoms with Crippen LogP contribution in [-0.2, 0) is 9.53 Å². The van der Waals surface area contributed by atoms with Gasteiger partial charge < -0.3 is 15.4 Å². The summed E-state index contributed by atoms with van der Waals surface area (Å²) < 4.78 is 5.01. The number of carbonyl (C=O) groups excluding carboxylic acids is 3. The first-order chi connectivity index (χ1) is 15.8. The lowest BCUT2D eigenvalue weighted by Gasteiger charge is -2.35. The summed E-state index contributed by atoms with van der Waals surface area (Å²) in [7, 11) is 1.30. The van der Waals surface area contributed by atoms with Gasteiger partial charge in [0, 0.05) is 23.0 Å². The molecule has 2 N–H and O–H groups in total. The van der Waals surface area contributed by atoms with E-state index in [2.05, 4.69) is 10.6 Å². The van der Waals surface area contributed by atoms with Crippen LogP contribution >= 0.6 is 23.2 Å². The molecular formula is C24H25Cl2N3O4. The number of esters is 1. The maximum Gasteiger partial charge on any atom is 0.337 e. The van der Waals surface area contributed by atoms with E-state index >= 15 is 0 Å². The predicted octanol–water partition coefficient (Wildman–Crippen LogP) is 5.56. The Kier molecular flexibility index (Phi) is 8.00. The van der Waals surface area contributed by atoms with E-state index in [1.807, 2.05) is 6.92 Å². The summed E-state index contributed by atoms with van der Waals surface area (Å²) in [4.78, 5) is 39.7. The number of rotatable bonds is 7. The van der Waals surface area contributed by atoms with Crippen molar-refractivity contribution in [2.45, 2.75) is 32.7 Å². The number of ether oxygens (including phenoxy) is 1. The highest BCUT2D eigenvalue weighted by Crippen LogP contribution is 2.32. The summed E-state index contributed by atoms with van der Waals surface area (Å²) in [5.41, 5.74) is 2.27. The largest absolute Gasteiger partial charge is 0.466 e. The number of halogens is 2. The first kappa shape index (κ1) is 24.6. The van der Waals surface area contributed by atoms with Gasteiger partial charge in [-0.25, -0.2) is 9.59 Å². The van der Waals surface area contributed by atoms with E-state index in [9.17, 15) is 14.4 Å². The van der Waals surface area contributed by atoms with Gasteiger partial charge in [-0.3, -0.25) is 9.69 Å². The van der Waals surface area contributed by atoms with E-state index in [0.29, 0.717) is 34.1 Å². The number of allylic oxidation sites excluding steroid dienone is 1. The zero-order valence-electron chi connectivity index (χ0n) is 18.6. The molecular weight excluding hydrogens is 465 g/mol. The van der Waals surface area contributed by atoms with E-state index in [-0.39, 0.29) is 16.6 Å². The monoisotopic (exact) mass is 489 g/mol. The van der Waals surface area contributed by atoms with Gasteiger partial charge in [-0.05, 0) is 49.2 Å². The van der Waals surface area contributed by atoms with Crippen LogP contribution in [0.25, 0.3) is 0 Å². The van der Waals surface area contributed by atoms with Crippen molar-refractivity contribution >= 4 is 46.8 Å². The van der Waals surface area contributed by atoms with Crippen LogP contribution in [0, 0.1) is 0 Å². The summed E-state index contributed by atoms with van der Waals surface area (Å²) >= 11 is 12.0. The maximum atomic E-state index is 12.8. The Bertz CT molecular complexity index is 1120. The second-order valence-electron chi connectivity index (χ2n) is 7.58. The second-order valence-corrected chi connectivity index (χ2v) is 8.43. The average molecular weight is 490 g/mol. The van der Waals surface area contributed by atoms with Crippen molar-refractivity contribution in [1.82, 2.24) is 10.2 Å². The molecule has 3 rings (SSSR count). The number of benzene rings is 2. The number of anilines is 1. The van der Waals surface area contributed by atoms with Crippen molar-refractivity contribution in [2.75, 3.05) is 19.0 Å². The lowest BCUT2D eigenvalue weighted by Crippen LogP contribution is -2.48. The minimum atomic E-state index is -0.723. The third-order valence-electron chi connectivity index (χ3n) is 5.39. The molecule has 33 heavy (non-hydrogen) atoms. The zero-order chi connectivity index (χ0) is 24.1. The molecule has 1 atom stereocenters. The van der Waals surface area contributed by atoms with Gasteiger partial charge in [0.25, 0.3) is 5.91 Å². The standard InChI is InChI=1S/C24H25Cl2N3O4/c1-4-5-11-29-14(2)20(23(31)33-3)21(28-24(29)32)15-7-6-8-17(12-15)27-22(30)18-10-9-16(25)13-19(18)26/h6-10,12-13,21H,4-5,11H2,1-3H3,(H,27,30)(H,28,32). The van der Waals surface area contributed by atoms with E-state index in [4.69, 9.17) is 27.9 Å². The van der Waals surface area contributed by atoms with Crippen molar-refractivity contribution in [2.24, 2.45) is 0 Å². The Labute approximate surface area is 202 Å². The third kappa shape index (κ3) is 5.49. The second kappa shape index (κ2) is 10.7. The zero-order valence-corrected chi connectivity index (χ0v) is 20.1. The number of unbranched alkanes of at least 4 members (excludes halogenated alkanes) is 1. The minimum absolute atomic E-state index is 0.231. The number of methoxy groups -OCH3 is 1. The molecule has 0 saturated heterocycles. The molecule has 0 saturated carbocycles. The van der Waals surface area contributed by atoms with Crippen molar-refractivity contribution in [3.8, 4) is 0 Å². The van der Waals surface area contributed by atoms with E-state index in [1.54, 1.807) is 42.2 Å². The Morgan fingerprint density at radius 2 is 1.94 bits per heavy atom. The highest BCUT2D eigenvalue weighted by molar-refractivity contribution is 6.37. The first-order valence-corrected chi connectivity index (χ1v) is 11.3. The van der Waals surface area contributed by atoms with Gasteiger partial charge in [0.2, 0.25) is 0 Å². The summed E-state index contributed by atoms with van der Waals surface area (Å²) in [6.45, 7) is 4.27. The van der Waals surface area contributed by atoms with E-state index < -0.39 is 17.9 Å². The Balaban J connectivity index is 1.93. The average Bonchev–Trinajstić information content (AvgIpc) is 2.78. The van der Waals surface area contributed by atoms with Crippen molar-refractivity contribution < 1.29 is 19.1 Å². The summed E-state index contributed by atoms with van der Waals surface area (Å²) in [5.74, 6) is -0.937. The van der Waals surface area contributed by atoms with Crippen LogP contribution in [0.1, 0.15) is 48.7 Å². The van der Waals surface area contributed by atoms with E-state index in [1.165, 1.54) is 19.2 Å². The fourth-order valence-corrected chi connectivity index (χ4v) is 4.15. The van der Waals surface area contributed by atoms with Crippen LogP contribution in [0.3, 0.4) is 0 Å². The van der Waals surface area contributed by atoms with Crippen LogP contribution in [0.4, 0.5) is 10.5 Å². The minimum Gasteiger partial charge on any atom is -0.466 e. The molecule has 174 valence electrons. The number of amides is 3. The molecule has 0 aliphatic carbocycles. The highest BCUT2D eigenvalue weighted by atomic mass is 35.5. The number of hydrogen-bond acceptors (Lipinski definition) is 4. The van der Waals surface area contributed by atoms with Gasteiger partial charge in [-0.1, -0.05) is 48.7 Å². The van der Waals surface area contributed by atoms with Crippen LogP contribution in [0.2, 0.25) is 10.0 Å². The smallest absolute Gasteiger partial charge is 0.337 e. The van der Waals surface area contributed by atoms with Crippen molar-refractivity contribution in [3.05, 3.63) is 74.9 Å². The Hall–Kier alpha value is -3.03. The maximum absolute atomic E-state index is 12.8. The molecule has 2 aromatic rings. The van der Waals surface area contributed by atoms with Crippen LogP contribution in [0.15, 0.2) is 53.7 Å². The summed E-state index contributed by atoms with van der Waals surface area (Å²) in [6.07, 6.45) is 1.71. The molecule has 1 aliphatic rings. The van der Waals surface area contributed by atoms with Crippen LogP contribution in [0.5, 0.6) is 0 Å². The predicted molar refractivity (Wildman–Crippen MR) is 128 cm³/mol. The SMILES string of the molecule is CCCCN1C(=O)NC(c2cccc(NC(=O)c3ccc(Cl)cc3Cl)c2)C(C(=O)OC)=C1C. The highest BCUT2D eigenvalue weighted by Gasteiger charge is 2.36. The molecule has 7 nitrogen and oxygen atoms in total. The molecule has 1 aliphatic heterocycles. The molecule has 1 unspecified atom stereocenters. The van der Waals surface area contributed by atoms with E-state index in [0.717, 1.165) is 12.8 Å². The number of carbonyl (C=O) groups is 3. The van der Waals surface area contributed by atoms with Gasteiger partial charge in [-0.2, -0.15) is 0 Å². The lowest BCUT2D eigenvalue weighted by molar-refractivity contribution is -0.136. The topological polar surface area (TPSA) is 87.7 Å². The quantitative estimate of drug-likeness (QED) is 0.498. The van der Waals surface area contributed by atoms with Gasteiger partial charge in [0.1, 0.15) is 0 Å².